The van der Waals surface area contributed by atoms with E-state index in [1.54, 1.807) is 36.4 Å². The quantitative estimate of drug-likeness (QED) is 0.885. The number of aliphatic hydroxyl groups is 1. The first-order chi connectivity index (χ1) is 8.65. The van der Waals surface area contributed by atoms with Gasteiger partial charge in [0.05, 0.1) is 6.10 Å². The van der Waals surface area contributed by atoms with Crippen molar-refractivity contribution in [2.45, 2.75) is 6.10 Å². The first kappa shape index (κ1) is 12.9. The first-order valence-electron chi connectivity index (χ1n) is 5.58. The van der Waals surface area contributed by atoms with Crippen LogP contribution in [0.2, 0.25) is 5.02 Å². The van der Waals surface area contributed by atoms with Gasteiger partial charge in [-0.1, -0.05) is 29.8 Å². The number of rotatable bonds is 4. The van der Waals surface area contributed by atoms with Crippen LogP contribution in [0.15, 0.2) is 48.5 Å². The normalized spacial score (nSPS) is 12.2. The molecular weight excluding hydrogens is 253 g/mol. The molecule has 0 aliphatic heterocycles. The fourth-order valence-electron chi connectivity index (χ4n) is 1.62. The Morgan fingerprint density at radius 1 is 1.17 bits per heavy atom. The van der Waals surface area contributed by atoms with Gasteiger partial charge in [-0.15, -0.1) is 0 Å². The van der Waals surface area contributed by atoms with Crippen molar-refractivity contribution >= 4 is 17.3 Å². The number of hydrogen-bond donors (Lipinski definition) is 2. The zero-order valence-electron chi connectivity index (χ0n) is 9.61. The van der Waals surface area contributed by atoms with Gasteiger partial charge in [-0.25, -0.2) is 4.39 Å². The molecule has 0 radical (unpaired) electrons. The Balaban J connectivity index is 1.96. The molecule has 0 amide bonds. The number of benzene rings is 2. The van der Waals surface area contributed by atoms with Crippen LogP contribution in [0.3, 0.4) is 0 Å². The lowest BCUT2D eigenvalue weighted by Crippen LogP contribution is -2.12. The summed E-state index contributed by atoms with van der Waals surface area (Å²) in [6.07, 6.45) is -0.662. The highest BCUT2D eigenvalue weighted by Gasteiger charge is 2.07. The van der Waals surface area contributed by atoms with E-state index in [0.29, 0.717) is 17.3 Å². The van der Waals surface area contributed by atoms with E-state index in [1.807, 2.05) is 0 Å². The van der Waals surface area contributed by atoms with Gasteiger partial charge in [-0.05, 0) is 35.9 Å². The van der Waals surface area contributed by atoms with E-state index in [4.69, 9.17) is 11.6 Å². The molecule has 2 N–H and O–H groups in total. The Bertz CT molecular complexity index is 515. The van der Waals surface area contributed by atoms with Crippen LogP contribution >= 0.6 is 11.6 Å². The number of halogens is 2. The maximum absolute atomic E-state index is 12.9. The Hall–Kier alpha value is -1.58. The first-order valence-corrected chi connectivity index (χ1v) is 5.96. The summed E-state index contributed by atoms with van der Waals surface area (Å²) in [5, 5.41) is 13.5. The van der Waals surface area contributed by atoms with Crippen LogP contribution in [-0.4, -0.2) is 11.7 Å². The number of aliphatic hydroxyl groups excluding tert-OH is 1. The van der Waals surface area contributed by atoms with Crippen molar-refractivity contribution in [3.8, 4) is 0 Å². The SMILES string of the molecule is OC(CNc1cccc(F)c1)c1ccc(Cl)cc1. The lowest BCUT2D eigenvalue weighted by molar-refractivity contribution is 0.191. The van der Waals surface area contributed by atoms with Crippen molar-refractivity contribution in [1.29, 1.82) is 0 Å². The lowest BCUT2D eigenvalue weighted by Gasteiger charge is -2.13. The Labute approximate surface area is 110 Å². The molecule has 1 unspecified atom stereocenters. The summed E-state index contributed by atoms with van der Waals surface area (Å²) in [6, 6.07) is 13.1. The highest BCUT2D eigenvalue weighted by Crippen LogP contribution is 2.17. The van der Waals surface area contributed by atoms with Gasteiger partial charge in [0.25, 0.3) is 0 Å². The predicted octanol–water partition coefficient (Wildman–Crippen LogP) is 3.62. The van der Waals surface area contributed by atoms with Gasteiger partial charge < -0.3 is 10.4 Å². The van der Waals surface area contributed by atoms with E-state index >= 15 is 0 Å². The molecule has 0 spiro atoms. The van der Waals surface area contributed by atoms with Gasteiger partial charge in [0.2, 0.25) is 0 Å². The van der Waals surface area contributed by atoms with Gasteiger partial charge >= 0.3 is 0 Å². The Morgan fingerprint density at radius 2 is 1.89 bits per heavy atom. The van der Waals surface area contributed by atoms with E-state index in [1.165, 1.54) is 12.1 Å². The Morgan fingerprint density at radius 3 is 2.56 bits per heavy atom. The summed E-state index contributed by atoms with van der Waals surface area (Å²) in [7, 11) is 0. The van der Waals surface area contributed by atoms with Crippen molar-refractivity contribution in [2.75, 3.05) is 11.9 Å². The smallest absolute Gasteiger partial charge is 0.125 e. The van der Waals surface area contributed by atoms with Crippen LogP contribution in [0.1, 0.15) is 11.7 Å². The average Bonchev–Trinajstić information content (AvgIpc) is 2.37. The van der Waals surface area contributed by atoms with Crippen LogP contribution in [0.4, 0.5) is 10.1 Å². The minimum absolute atomic E-state index is 0.305. The summed E-state index contributed by atoms with van der Waals surface area (Å²) < 4.78 is 12.9. The Kier molecular flexibility index (Phi) is 4.18. The minimum Gasteiger partial charge on any atom is -0.387 e. The predicted molar refractivity (Wildman–Crippen MR) is 71.3 cm³/mol. The molecule has 4 heteroatoms. The highest BCUT2D eigenvalue weighted by molar-refractivity contribution is 6.30. The molecule has 1 atom stereocenters. The molecule has 18 heavy (non-hydrogen) atoms. The van der Waals surface area contributed by atoms with Gasteiger partial charge in [0.15, 0.2) is 0 Å². The average molecular weight is 266 g/mol. The third-order valence-corrected chi connectivity index (χ3v) is 2.83. The third kappa shape index (κ3) is 3.45. The summed E-state index contributed by atoms with van der Waals surface area (Å²) in [4.78, 5) is 0. The molecule has 0 aromatic heterocycles. The number of hydrogen-bond acceptors (Lipinski definition) is 2. The molecule has 2 rings (SSSR count). The number of nitrogens with one attached hydrogen (secondary N) is 1. The second kappa shape index (κ2) is 5.85. The third-order valence-electron chi connectivity index (χ3n) is 2.58. The van der Waals surface area contributed by atoms with E-state index in [9.17, 15) is 9.50 Å². The molecule has 2 nitrogen and oxygen atoms in total. The topological polar surface area (TPSA) is 32.3 Å². The highest BCUT2D eigenvalue weighted by atomic mass is 35.5. The van der Waals surface area contributed by atoms with E-state index in [-0.39, 0.29) is 5.82 Å². The molecule has 0 saturated carbocycles. The van der Waals surface area contributed by atoms with E-state index in [0.717, 1.165) is 5.56 Å². The van der Waals surface area contributed by atoms with Crippen LogP contribution in [-0.2, 0) is 0 Å². The molecule has 0 saturated heterocycles. The summed E-state index contributed by atoms with van der Waals surface area (Å²) in [5.74, 6) is -0.305. The maximum Gasteiger partial charge on any atom is 0.125 e. The monoisotopic (exact) mass is 265 g/mol. The standard InChI is InChI=1S/C14H13ClFNO/c15-11-6-4-10(5-7-11)14(18)9-17-13-3-1-2-12(16)8-13/h1-8,14,17-18H,9H2. The van der Waals surface area contributed by atoms with Crippen molar-refractivity contribution in [3.05, 3.63) is 64.9 Å². The van der Waals surface area contributed by atoms with Crippen molar-refractivity contribution < 1.29 is 9.50 Å². The molecule has 0 aliphatic rings. The van der Waals surface area contributed by atoms with Crippen molar-refractivity contribution in [2.24, 2.45) is 0 Å². The zero-order chi connectivity index (χ0) is 13.0. The van der Waals surface area contributed by atoms with Crippen LogP contribution < -0.4 is 5.32 Å². The second-order valence-electron chi connectivity index (χ2n) is 3.96. The van der Waals surface area contributed by atoms with Crippen LogP contribution in [0.25, 0.3) is 0 Å². The molecule has 0 bridgehead atoms. The van der Waals surface area contributed by atoms with Crippen LogP contribution in [0.5, 0.6) is 0 Å². The van der Waals surface area contributed by atoms with Gasteiger partial charge in [-0.2, -0.15) is 0 Å². The second-order valence-corrected chi connectivity index (χ2v) is 4.40. The summed E-state index contributed by atoms with van der Waals surface area (Å²) in [5.41, 5.74) is 1.41. The zero-order valence-corrected chi connectivity index (χ0v) is 10.4. The van der Waals surface area contributed by atoms with E-state index in [2.05, 4.69) is 5.32 Å². The summed E-state index contributed by atoms with van der Waals surface area (Å²) >= 11 is 5.77. The van der Waals surface area contributed by atoms with Crippen molar-refractivity contribution in [1.82, 2.24) is 0 Å². The van der Waals surface area contributed by atoms with Gasteiger partial charge in [-0.3, -0.25) is 0 Å². The largest absolute Gasteiger partial charge is 0.387 e. The van der Waals surface area contributed by atoms with Gasteiger partial charge in [0.1, 0.15) is 5.82 Å². The molecule has 2 aromatic rings. The molecule has 0 fully saturated rings. The fraction of sp³-hybridized carbons (Fsp3) is 0.143. The van der Waals surface area contributed by atoms with Crippen LogP contribution in [0, 0.1) is 5.82 Å². The molecule has 0 heterocycles. The van der Waals surface area contributed by atoms with Gasteiger partial charge in [0, 0.05) is 17.3 Å². The molecule has 94 valence electrons. The van der Waals surface area contributed by atoms with Crippen molar-refractivity contribution in [3.63, 3.8) is 0 Å². The molecule has 2 aromatic carbocycles. The molecule has 0 aliphatic carbocycles. The summed E-state index contributed by atoms with van der Waals surface area (Å²) in [6.45, 7) is 0.311. The maximum atomic E-state index is 12.9. The number of anilines is 1. The minimum atomic E-state index is -0.662. The fourth-order valence-corrected chi connectivity index (χ4v) is 1.74. The molecular formula is C14H13ClFNO. The van der Waals surface area contributed by atoms with E-state index < -0.39 is 6.10 Å². The lowest BCUT2D eigenvalue weighted by atomic mass is 10.1.